The summed E-state index contributed by atoms with van der Waals surface area (Å²) in [5, 5.41) is 8.37. The number of hydrogen-bond acceptors (Lipinski definition) is 2. The SMILES string of the molecule is CC(C)CCc1cc2n(n1)C(C1(C)CC1)CCN2. The third-order valence-corrected chi connectivity index (χ3v) is 4.63. The van der Waals surface area contributed by atoms with Gasteiger partial charge >= 0.3 is 0 Å². The van der Waals surface area contributed by atoms with Gasteiger partial charge in [-0.2, -0.15) is 5.10 Å². The largest absolute Gasteiger partial charge is 0.370 e. The molecule has 1 N–H and O–H groups in total. The zero-order valence-electron chi connectivity index (χ0n) is 11.9. The Labute approximate surface area is 110 Å². The van der Waals surface area contributed by atoms with Gasteiger partial charge in [0.05, 0.1) is 11.7 Å². The third kappa shape index (κ3) is 2.15. The quantitative estimate of drug-likeness (QED) is 0.880. The molecule has 18 heavy (non-hydrogen) atoms. The van der Waals surface area contributed by atoms with Crippen molar-refractivity contribution < 1.29 is 0 Å². The van der Waals surface area contributed by atoms with Gasteiger partial charge in [0.1, 0.15) is 5.82 Å². The molecule has 1 aliphatic carbocycles. The van der Waals surface area contributed by atoms with E-state index in [-0.39, 0.29) is 0 Å². The zero-order chi connectivity index (χ0) is 12.8. The molecule has 1 aliphatic heterocycles. The van der Waals surface area contributed by atoms with Crippen LogP contribution >= 0.6 is 0 Å². The van der Waals surface area contributed by atoms with E-state index in [2.05, 4.69) is 36.8 Å². The van der Waals surface area contributed by atoms with Gasteiger partial charge in [-0.15, -0.1) is 0 Å². The van der Waals surface area contributed by atoms with Crippen molar-refractivity contribution in [1.82, 2.24) is 9.78 Å². The van der Waals surface area contributed by atoms with E-state index in [0.717, 1.165) is 18.9 Å². The molecule has 1 saturated carbocycles. The Hall–Kier alpha value is -0.990. The molecule has 0 saturated heterocycles. The van der Waals surface area contributed by atoms with Crippen molar-refractivity contribution in [2.45, 2.75) is 58.9 Å². The van der Waals surface area contributed by atoms with Crippen LogP contribution in [0.5, 0.6) is 0 Å². The minimum Gasteiger partial charge on any atom is -0.370 e. The molecule has 1 unspecified atom stereocenters. The van der Waals surface area contributed by atoms with Gasteiger partial charge in [0.2, 0.25) is 0 Å². The normalized spacial score (nSPS) is 24.8. The van der Waals surface area contributed by atoms with Crippen LogP contribution in [-0.2, 0) is 6.42 Å². The average Bonchev–Trinajstić information content (AvgIpc) is 2.93. The molecule has 1 fully saturated rings. The average molecular weight is 247 g/mol. The second-order valence-electron chi connectivity index (χ2n) is 6.78. The van der Waals surface area contributed by atoms with Crippen molar-refractivity contribution in [3.63, 3.8) is 0 Å². The molecular formula is C15H25N3. The summed E-state index contributed by atoms with van der Waals surface area (Å²) in [5.41, 5.74) is 1.79. The minimum atomic E-state index is 0.526. The monoisotopic (exact) mass is 247 g/mol. The van der Waals surface area contributed by atoms with Crippen LogP contribution in [0.15, 0.2) is 6.07 Å². The van der Waals surface area contributed by atoms with Crippen molar-refractivity contribution >= 4 is 5.82 Å². The standard InChI is InChI=1S/C15H25N3/c1-11(2)4-5-12-10-14-16-9-6-13(18(14)17-12)15(3)7-8-15/h10-11,13,16H,4-9H2,1-3H3. The molecule has 1 aromatic heterocycles. The lowest BCUT2D eigenvalue weighted by atomic mass is 9.95. The fraction of sp³-hybridized carbons (Fsp3) is 0.800. The van der Waals surface area contributed by atoms with E-state index < -0.39 is 0 Å². The van der Waals surface area contributed by atoms with Crippen LogP contribution in [0.3, 0.4) is 0 Å². The van der Waals surface area contributed by atoms with Crippen molar-refractivity contribution in [3.8, 4) is 0 Å². The van der Waals surface area contributed by atoms with Crippen molar-refractivity contribution in [1.29, 1.82) is 0 Å². The van der Waals surface area contributed by atoms with E-state index in [4.69, 9.17) is 5.10 Å². The molecule has 0 spiro atoms. The number of hydrogen-bond donors (Lipinski definition) is 1. The molecule has 3 heteroatoms. The molecule has 1 atom stereocenters. The highest BCUT2D eigenvalue weighted by Gasteiger charge is 2.47. The zero-order valence-corrected chi connectivity index (χ0v) is 11.9. The summed E-state index contributed by atoms with van der Waals surface area (Å²) in [4.78, 5) is 0. The number of aromatic nitrogens is 2. The minimum absolute atomic E-state index is 0.526. The summed E-state index contributed by atoms with van der Waals surface area (Å²) in [6.45, 7) is 8.09. The molecule has 2 aliphatic rings. The number of aryl methyl sites for hydroxylation is 1. The second-order valence-corrected chi connectivity index (χ2v) is 6.78. The summed E-state index contributed by atoms with van der Waals surface area (Å²) in [7, 11) is 0. The third-order valence-electron chi connectivity index (χ3n) is 4.63. The maximum atomic E-state index is 4.86. The fourth-order valence-corrected chi connectivity index (χ4v) is 3.01. The van der Waals surface area contributed by atoms with E-state index in [1.807, 2.05) is 0 Å². The van der Waals surface area contributed by atoms with Crippen LogP contribution in [0.4, 0.5) is 5.82 Å². The van der Waals surface area contributed by atoms with Gasteiger partial charge in [-0.25, -0.2) is 4.68 Å². The number of rotatable bonds is 4. The Morgan fingerprint density at radius 1 is 1.50 bits per heavy atom. The lowest BCUT2D eigenvalue weighted by Gasteiger charge is -2.30. The van der Waals surface area contributed by atoms with Crippen molar-refractivity contribution in [2.24, 2.45) is 11.3 Å². The molecule has 3 nitrogen and oxygen atoms in total. The van der Waals surface area contributed by atoms with E-state index >= 15 is 0 Å². The van der Waals surface area contributed by atoms with Crippen LogP contribution in [0.2, 0.25) is 0 Å². The first-order chi connectivity index (χ1) is 8.58. The van der Waals surface area contributed by atoms with Gasteiger partial charge < -0.3 is 5.32 Å². The predicted molar refractivity (Wildman–Crippen MR) is 74.9 cm³/mol. The fourth-order valence-electron chi connectivity index (χ4n) is 3.01. The maximum Gasteiger partial charge on any atom is 0.124 e. The molecule has 100 valence electrons. The summed E-state index contributed by atoms with van der Waals surface area (Å²) < 4.78 is 2.28. The molecule has 0 aromatic carbocycles. The van der Waals surface area contributed by atoms with E-state index in [0.29, 0.717) is 11.5 Å². The highest BCUT2D eigenvalue weighted by molar-refractivity contribution is 5.40. The van der Waals surface area contributed by atoms with Crippen LogP contribution < -0.4 is 5.32 Å². The van der Waals surface area contributed by atoms with Gasteiger partial charge in [0.15, 0.2) is 0 Å². The van der Waals surface area contributed by atoms with Gasteiger partial charge in [0, 0.05) is 12.6 Å². The van der Waals surface area contributed by atoms with E-state index in [1.165, 1.54) is 37.2 Å². The summed E-state index contributed by atoms with van der Waals surface area (Å²) in [5.74, 6) is 2.01. The molecule has 0 bridgehead atoms. The summed E-state index contributed by atoms with van der Waals surface area (Å²) in [6.07, 6.45) is 6.33. The lowest BCUT2D eigenvalue weighted by molar-refractivity contribution is 0.283. The Kier molecular flexibility index (Phi) is 2.87. The van der Waals surface area contributed by atoms with Crippen molar-refractivity contribution in [2.75, 3.05) is 11.9 Å². The Balaban J connectivity index is 1.79. The lowest BCUT2D eigenvalue weighted by Crippen LogP contribution is -2.28. The number of anilines is 1. The van der Waals surface area contributed by atoms with Crippen LogP contribution in [0.1, 0.15) is 58.2 Å². The second kappa shape index (κ2) is 4.29. The highest BCUT2D eigenvalue weighted by atomic mass is 15.4. The van der Waals surface area contributed by atoms with Gasteiger partial charge in [-0.3, -0.25) is 0 Å². The highest BCUT2D eigenvalue weighted by Crippen LogP contribution is 2.56. The topological polar surface area (TPSA) is 29.9 Å². The predicted octanol–water partition coefficient (Wildman–Crippen LogP) is 3.63. The van der Waals surface area contributed by atoms with Crippen LogP contribution in [0.25, 0.3) is 0 Å². The van der Waals surface area contributed by atoms with Gasteiger partial charge in [-0.1, -0.05) is 20.8 Å². The van der Waals surface area contributed by atoms with E-state index in [9.17, 15) is 0 Å². The molecule has 0 amide bonds. The van der Waals surface area contributed by atoms with Crippen LogP contribution in [-0.4, -0.2) is 16.3 Å². The first-order valence-corrected chi connectivity index (χ1v) is 7.41. The Bertz CT molecular complexity index is 429. The first kappa shape index (κ1) is 12.1. The molecular weight excluding hydrogens is 222 g/mol. The van der Waals surface area contributed by atoms with Gasteiger partial charge in [0.25, 0.3) is 0 Å². The number of nitrogens with one attached hydrogen (secondary N) is 1. The van der Waals surface area contributed by atoms with Gasteiger partial charge in [-0.05, 0) is 43.4 Å². The first-order valence-electron chi connectivity index (χ1n) is 7.41. The maximum absolute atomic E-state index is 4.86. The van der Waals surface area contributed by atoms with Crippen LogP contribution in [0, 0.1) is 11.3 Å². The number of fused-ring (bicyclic) bond motifs is 1. The summed E-state index contributed by atoms with van der Waals surface area (Å²) in [6, 6.07) is 2.89. The Morgan fingerprint density at radius 3 is 2.94 bits per heavy atom. The molecule has 3 rings (SSSR count). The summed E-state index contributed by atoms with van der Waals surface area (Å²) >= 11 is 0. The van der Waals surface area contributed by atoms with Crippen molar-refractivity contribution in [3.05, 3.63) is 11.8 Å². The molecule has 2 heterocycles. The number of nitrogens with zero attached hydrogens (tertiary/aromatic N) is 2. The Morgan fingerprint density at radius 2 is 2.28 bits per heavy atom. The van der Waals surface area contributed by atoms with E-state index in [1.54, 1.807) is 0 Å². The molecule has 0 radical (unpaired) electrons. The molecule has 1 aromatic rings. The smallest absolute Gasteiger partial charge is 0.124 e.